The number of rotatable bonds is 8. The first-order chi connectivity index (χ1) is 9.19. The second-order valence-electron chi connectivity index (χ2n) is 5.61. The number of carbonyl (C=O) groups is 1. The summed E-state index contributed by atoms with van der Waals surface area (Å²) in [6.07, 6.45) is 4.62. The second-order valence-corrected chi connectivity index (χ2v) is 5.61. The minimum atomic E-state index is 0.0249. The Morgan fingerprint density at radius 2 is 2.00 bits per heavy atom. The highest BCUT2D eigenvalue weighted by Crippen LogP contribution is 2.18. The van der Waals surface area contributed by atoms with E-state index < -0.39 is 0 Å². The van der Waals surface area contributed by atoms with E-state index in [1.54, 1.807) is 0 Å². The standard InChI is InChI=1S/C15H31N3O/c1-4-6-9-17-15(19)13(3)18-10-7-14(8-11-18)12-16-5-2/h13-14,16H,4-12H2,1-3H3,(H,17,19). The van der Waals surface area contributed by atoms with Crippen molar-refractivity contribution in [1.82, 2.24) is 15.5 Å². The normalized spacial score (nSPS) is 19.3. The number of piperidine rings is 1. The van der Waals surface area contributed by atoms with Gasteiger partial charge in [0, 0.05) is 6.54 Å². The highest BCUT2D eigenvalue weighted by Gasteiger charge is 2.25. The molecule has 0 aromatic carbocycles. The molecule has 1 saturated heterocycles. The van der Waals surface area contributed by atoms with Crippen LogP contribution in [0.3, 0.4) is 0 Å². The molecule has 112 valence electrons. The Morgan fingerprint density at radius 1 is 1.32 bits per heavy atom. The number of amides is 1. The monoisotopic (exact) mass is 269 g/mol. The van der Waals surface area contributed by atoms with Gasteiger partial charge in [0.2, 0.25) is 5.91 Å². The summed E-state index contributed by atoms with van der Waals surface area (Å²) >= 11 is 0. The Balaban J connectivity index is 2.23. The average molecular weight is 269 g/mol. The molecule has 19 heavy (non-hydrogen) atoms. The van der Waals surface area contributed by atoms with Crippen LogP contribution in [0, 0.1) is 5.92 Å². The van der Waals surface area contributed by atoms with Gasteiger partial charge >= 0.3 is 0 Å². The summed E-state index contributed by atoms with van der Waals surface area (Å²) < 4.78 is 0. The first kappa shape index (κ1) is 16.4. The Kier molecular flexibility index (Phi) is 8.07. The van der Waals surface area contributed by atoms with Crippen LogP contribution < -0.4 is 10.6 Å². The molecule has 0 bridgehead atoms. The van der Waals surface area contributed by atoms with E-state index >= 15 is 0 Å². The third-order valence-electron chi connectivity index (χ3n) is 4.09. The van der Waals surface area contributed by atoms with E-state index in [1.807, 2.05) is 6.92 Å². The lowest BCUT2D eigenvalue weighted by Gasteiger charge is -2.35. The molecule has 0 aliphatic carbocycles. The smallest absolute Gasteiger partial charge is 0.237 e. The largest absolute Gasteiger partial charge is 0.355 e. The molecule has 1 aliphatic heterocycles. The van der Waals surface area contributed by atoms with Crippen molar-refractivity contribution in [3.8, 4) is 0 Å². The molecule has 2 N–H and O–H groups in total. The van der Waals surface area contributed by atoms with E-state index in [0.29, 0.717) is 0 Å². The molecule has 1 aliphatic rings. The van der Waals surface area contributed by atoms with Gasteiger partial charge in [-0.3, -0.25) is 9.69 Å². The van der Waals surface area contributed by atoms with E-state index in [-0.39, 0.29) is 11.9 Å². The molecule has 0 aromatic rings. The maximum absolute atomic E-state index is 12.0. The number of likely N-dealkylation sites (tertiary alicyclic amines) is 1. The number of hydrogen-bond acceptors (Lipinski definition) is 3. The van der Waals surface area contributed by atoms with Crippen molar-refractivity contribution in [1.29, 1.82) is 0 Å². The third kappa shape index (κ3) is 5.91. The fraction of sp³-hybridized carbons (Fsp3) is 0.933. The SMILES string of the molecule is CCCCNC(=O)C(C)N1CCC(CNCC)CC1. The highest BCUT2D eigenvalue weighted by molar-refractivity contribution is 5.81. The summed E-state index contributed by atoms with van der Waals surface area (Å²) in [6, 6.07) is 0.0249. The van der Waals surface area contributed by atoms with Crippen molar-refractivity contribution in [2.75, 3.05) is 32.7 Å². The summed E-state index contributed by atoms with van der Waals surface area (Å²) in [5.41, 5.74) is 0. The minimum Gasteiger partial charge on any atom is -0.355 e. The van der Waals surface area contributed by atoms with Gasteiger partial charge in [0.05, 0.1) is 6.04 Å². The highest BCUT2D eigenvalue weighted by atomic mass is 16.2. The molecule has 0 spiro atoms. The summed E-state index contributed by atoms with van der Waals surface area (Å²) in [4.78, 5) is 14.3. The predicted octanol–water partition coefficient (Wildman–Crippen LogP) is 1.61. The van der Waals surface area contributed by atoms with E-state index in [1.165, 1.54) is 12.8 Å². The van der Waals surface area contributed by atoms with Crippen LogP contribution in [0.1, 0.15) is 46.5 Å². The summed E-state index contributed by atoms with van der Waals surface area (Å²) in [5, 5.41) is 6.45. The van der Waals surface area contributed by atoms with E-state index in [2.05, 4.69) is 29.4 Å². The van der Waals surface area contributed by atoms with Crippen LogP contribution in [0.15, 0.2) is 0 Å². The zero-order valence-corrected chi connectivity index (χ0v) is 12.9. The Hall–Kier alpha value is -0.610. The zero-order valence-electron chi connectivity index (χ0n) is 12.9. The molecule has 1 amide bonds. The summed E-state index contributed by atoms with van der Waals surface area (Å²) in [7, 11) is 0. The van der Waals surface area contributed by atoms with Crippen LogP contribution in [-0.4, -0.2) is 49.6 Å². The van der Waals surface area contributed by atoms with Crippen molar-refractivity contribution in [2.45, 2.75) is 52.5 Å². The molecule has 1 unspecified atom stereocenters. The van der Waals surface area contributed by atoms with Gasteiger partial charge in [0.1, 0.15) is 0 Å². The van der Waals surface area contributed by atoms with Crippen molar-refractivity contribution in [3.63, 3.8) is 0 Å². The maximum atomic E-state index is 12.0. The predicted molar refractivity (Wildman–Crippen MR) is 80.2 cm³/mol. The van der Waals surface area contributed by atoms with Crippen molar-refractivity contribution in [3.05, 3.63) is 0 Å². The lowest BCUT2D eigenvalue weighted by atomic mass is 9.95. The van der Waals surface area contributed by atoms with Gasteiger partial charge in [0.25, 0.3) is 0 Å². The van der Waals surface area contributed by atoms with Gasteiger partial charge < -0.3 is 10.6 Å². The second kappa shape index (κ2) is 9.32. The van der Waals surface area contributed by atoms with Crippen LogP contribution in [-0.2, 0) is 4.79 Å². The average Bonchev–Trinajstić information content (AvgIpc) is 2.45. The lowest BCUT2D eigenvalue weighted by molar-refractivity contribution is -0.126. The van der Waals surface area contributed by atoms with Crippen LogP contribution in [0.25, 0.3) is 0 Å². The number of hydrogen-bond donors (Lipinski definition) is 2. The molecule has 1 fully saturated rings. The van der Waals surface area contributed by atoms with Crippen molar-refractivity contribution >= 4 is 5.91 Å². The molecule has 1 heterocycles. The fourth-order valence-corrected chi connectivity index (χ4v) is 2.59. The van der Waals surface area contributed by atoms with Crippen LogP contribution >= 0.6 is 0 Å². The van der Waals surface area contributed by atoms with Gasteiger partial charge in [-0.25, -0.2) is 0 Å². The van der Waals surface area contributed by atoms with Crippen LogP contribution in [0.5, 0.6) is 0 Å². The molecule has 0 saturated carbocycles. The van der Waals surface area contributed by atoms with Gasteiger partial charge in [-0.15, -0.1) is 0 Å². The Morgan fingerprint density at radius 3 is 2.58 bits per heavy atom. The van der Waals surface area contributed by atoms with Crippen molar-refractivity contribution < 1.29 is 4.79 Å². The van der Waals surface area contributed by atoms with Gasteiger partial charge in [0.15, 0.2) is 0 Å². The molecule has 1 rings (SSSR count). The maximum Gasteiger partial charge on any atom is 0.237 e. The summed E-state index contributed by atoms with van der Waals surface area (Å²) in [6.45, 7) is 11.4. The number of nitrogens with zero attached hydrogens (tertiary/aromatic N) is 1. The molecule has 4 heteroatoms. The topological polar surface area (TPSA) is 44.4 Å². The Bertz CT molecular complexity index is 250. The lowest BCUT2D eigenvalue weighted by Crippen LogP contribution is -2.49. The van der Waals surface area contributed by atoms with Crippen LogP contribution in [0.2, 0.25) is 0 Å². The molecule has 0 aromatic heterocycles. The first-order valence-corrected chi connectivity index (χ1v) is 7.91. The third-order valence-corrected chi connectivity index (χ3v) is 4.09. The molecule has 1 atom stereocenters. The summed E-state index contributed by atoms with van der Waals surface area (Å²) in [5.74, 6) is 0.977. The molecule has 4 nitrogen and oxygen atoms in total. The van der Waals surface area contributed by atoms with Gasteiger partial charge in [-0.2, -0.15) is 0 Å². The van der Waals surface area contributed by atoms with Crippen molar-refractivity contribution in [2.24, 2.45) is 5.92 Å². The van der Waals surface area contributed by atoms with E-state index in [0.717, 1.165) is 51.5 Å². The van der Waals surface area contributed by atoms with E-state index in [4.69, 9.17) is 0 Å². The minimum absolute atomic E-state index is 0.0249. The number of unbranched alkanes of at least 4 members (excludes halogenated alkanes) is 1. The van der Waals surface area contributed by atoms with Gasteiger partial charge in [-0.1, -0.05) is 20.3 Å². The molecule has 0 radical (unpaired) electrons. The van der Waals surface area contributed by atoms with Gasteiger partial charge in [-0.05, 0) is 58.3 Å². The fourth-order valence-electron chi connectivity index (χ4n) is 2.59. The van der Waals surface area contributed by atoms with E-state index in [9.17, 15) is 4.79 Å². The Labute approximate surface area is 118 Å². The number of nitrogens with one attached hydrogen (secondary N) is 2. The molecular weight excluding hydrogens is 238 g/mol. The number of carbonyl (C=O) groups excluding carboxylic acids is 1. The van der Waals surface area contributed by atoms with Crippen LogP contribution in [0.4, 0.5) is 0 Å². The molecular formula is C15H31N3O. The first-order valence-electron chi connectivity index (χ1n) is 7.91. The zero-order chi connectivity index (χ0) is 14.1. The quantitative estimate of drug-likeness (QED) is 0.658.